The van der Waals surface area contributed by atoms with Crippen molar-refractivity contribution in [1.82, 2.24) is 15.5 Å². The van der Waals surface area contributed by atoms with Crippen LogP contribution in [0.3, 0.4) is 0 Å². The van der Waals surface area contributed by atoms with Crippen molar-refractivity contribution in [2.24, 2.45) is 28.7 Å². The largest absolute Gasteiger partial charge is 0.357 e. The fraction of sp³-hybridized carbons (Fsp3) is 0.737. The lowest BCUT2D eigenvalue weighted by molar-refractivity contribution is -0.140. The number of fused-ring (bicyclic) bond motifs is 5. The molecule has 1 heterocycles. The molecule has 0 aromatic carbocycles. The summed E-state index contributed by atoms with van der Waals surface area (Å²) in [7, 11) is -3.24. The first-order valence-corrected chi connectivity index (χ1v) is 11.7. The van der Waals surface area contributed by atoms with Gasteiger partial charge >= 0.3 is 0 Å². The molecule has 28 heavy (non-hydrogen) atoms. The van der Waals surface area contributed by atoms with Gasteiger partial charge in [-0.05, 0) is 39.0 Å². The quantitative estimate of drug-likeness (QED) is 0.268. The van der Waals surface area contributed by atoms with Crippen molar-refractivity contribution in [2.75, 3.05) is 32.4 Å². The van der Waals surface area contributed by atoms with E-state index in [0.29, 0.717) is 19.0 Å². The van der Waals surface area contributed by atoms with Crippen LogP contribution in [0.15, 0.2) is 17.1 Å². The van der Waals surface area contributed by atoms with Gasteiger partial charge in [-0.15, -0.1) is 0 Å². The molecule has 1 saturated carbocycles. The van der Waals surface area contributed by atoms with E-state index < -0.39 is 14.6 Å². The number of rotatable bonds is 7. The highest BCUT2D eigenvalue weighted by Gasteiger charge is 2.58. The van der Waals surface area contributed by atoms with E-state index in [-0.39, 0.29) is 48.6 Å². The molecule has 3 rings (SSSR count). The summed E-state index contributed by atoms with van der Waals surface area (Å²) in [4.78, 5) is 31.1. The van der Waals surface area contributed by atoms with E-state index in [1.54, 1.807) is 13.8 Å². The molecule has 2 N–H and O–H groups in total. The molecule has 3 aliphatic rings. The Morgan fingerprint density at radius 2 is 1.75 bits per heavy atom. The van der Waals surface area contributed by atoms with Crippen LogP contribution in [0.25, 0.3) is 0 Å². The van der Waals surface area contributed by atoms with E-state index in [1.807, 2.05) is 6.92 Å². The lowest BCUT2D eigenvalue weighted by Gasteiger charge is -2.22. The number of nitrogens with zero attached hydrogens (tertiary/aromatic N) is 2. The summed E-state index contributed by atoms with van der Waals surface area (Å²) >= 11 is 0. The third-order valence-electron chi connectivity index (χ3n) is 6.16. The van der Waals surface area contributed by atoms with Gasteiger partial charge < -0.3 is 10.6 Å². The minimum absolute atomic E-state index is 0.0613. The van der Waals surface area contributed by atoms with Gasteiger partial charge in [0, 0.05) is 25.9 Å². The smallest absolute Gasteiger partial charge is 0.233 e. The van der Waals surface area contributed by atoms with E-state index in [2.05, 4.69) is 27.8 Å². The highest BCUT2D eigenvalue weighted by atomic mass is 32.2. The van der Waals surface area contributed by atoms with Gasteiger partial charge in [-0.3, -0.25) is 19.5 Å². The molecule has 2 bridgehead atoms. The molecule has 1 saturated heterocycles. The Labute approximate surface area is 166 Å². The van der Waals surface area contributed by atoms with E-state index in [9.17, 15) is 18.0 Å². The summed E-state index contributed by atoms with van der Waals surface area (Å²) in [6.45, 7) is 6.56. The molecular formula is C19H30N4O4S. The number of nitrogens with one attached hydrogen (secondary N) is 2. The molecule has 0 aromatic heterocycles. The van der Waals surface area contributed by atoms with Gasteiger partial charge in [0.1, 0.15) is 0 Å². The number of hydrogen-bond donors (Lipinski definition) is 2. The third kappa shape index (κ3) is 3.68. The summed E-state index contributed by atoms with van der Waals surface area (Å²) in [5.74, 6) is 0.408. The SMILES string of the molecule is CCNC(=NCC(C)(C)S(C)(=O)=O)NCCN1C(=O)C2C3C=CC(C3)C2C1=O. The van der Waals surface area contributed by atoms with Crippen LogP contribution in [0.4, 0.5) is 0 Å². The van der Waals surface area contributed by atoms with Gasteiger partial charge in [0.2, 0.25) is 11.8 Å². The standard InChI is InChI=1S/C19H30N4O4S/c1-5-20-18(22-11-19(2,3)28(4,26)27)21-8-9-23-16(24)14-12-6-7-13(10-12)15(14)17(23)25/h6-7,12-15H,5,8-11H2,1-4H3,(H2,20,21,22). The van der Waals surface area contributed by atoms with Crippen LogP contribution in [0, 0.1) is 23.7 Å². The number of imide groups is 1. The summed E-state index contributed by atoms with van der Waals surface area (Å²) in [6.07, 6.45) is 6.29. The number of sulfone groups is 1. The topological polar surface area (TPSA) is 108 Å². The number of likely N-dealkylation sites (tertiary alicyclic amines) is 1. The van der Waals surface area contributed by atoms with Crippen molar-refractivity contribution in [3.05, 3.63) is 12.2 Å². The molecule has 4 atom stereocenters. The maximum absolute atomic E-state index is 12.7. The van der Waals surface area contributed by atoms with Gasteiger partial charge in [-0.1, -0.05) is 12.2 Å². The zero-order chi connectivity index (χ0) is 20.7. The van der Waals surface area contributed by atoms with Crippen LogP contribution in [0.2, 0.25) is 0 Å². The molecule has 156 valence electrons. The number of hydrogen-bond acceptors (Lipinski definition) is 5. The molecule has 9 heteroatoms. The van der Waals surface area contributed by atoms with Crippen LogP contribution in [0.1, 0.15) is 27.2 Å². The van der Waals surface area contributed by atoms with Gasteiger partial charge in [0.25, 0.3) is 0 Å². The van der Waals surface area contributed by atoms with Crippen LogP contribution in [-0.4, -0.2) is 68.3 Å². The molecule has 2 amide bonds. The zero-order valence-corrected chi connectivity index (χ0v) is 17.8. The monoisotopic (exact) mass is 410 g/mol. The molecule has 2 fully saturated rings. The molecule has 2 aliphatic carbocycles. The summed E-state index contributed by atoms with van der Waals surface area (Å²) in [5.41, 5.74) is 0. The lowest BCUT2D eigenvalue weighted by atomic mass is 9.85. The number of carbonyl (C=O) groups excluding carboxylic acids is 2. The second kappa shape index (κ2) is 7.50. The number of amides is 2. The molecule has 0 aromatic rings. The summed E-state index contributed by atoms with van der Waals surface area (Å²) < 4.78 is 22.7. The first-order chi connectivity index (χ1) is 13.1. The second-order valence-corrected chi connectivity index (χ2v) is 11.1. The van der Waals surface area contributed by atoms with Crippen molar-refractivity contribution in [3.63, 3.8) is 0 Å². The maximum atomic E-state index is 12.7. The lowest BCUT2D eigenvalue weighted by Crippen LogP contribution is -2.44. The minimum atomic E-state index is -3.24. The molecule has 0 spiro atoms. The molecule has 8 nitrogen and oxygen atoms in total. The Balaban J connectivity index is 1.57. The van der Waals surface area contributed by atoms with Crippen molar-refractivity contribution in [2.45, 2.75) is 31.9 Å². The summed E-state index contributed by atoms with van der Waals surface area (Å²) in [5, 5.41) is 6.16. The number of allylic oxidation sites excluding steroid dienone is 2. The number of aliphatic imine (C=N–C) groups is 1. The van der Waals surface area contributed by atoms with E-state index >= 15 is 0 Å². The predicted molar refractivity (Wildman–Crippen MR) is 107 cm³/mol. The maximum Gasteiger partial charge on any atom is 0.233 e. The van der Waals surface area contributed by atoms with Crippen LogP contribution >= 0.6 is 0 Å². The Morgan fingerprint density at radius 1 is 1.18 bits per heavy atom. The highest BCUT2D eigenvalue weighted by Crippen LogP contribution is 2.52. The normalized spacial score (nSPS) is 29.6. The van der Waals surface area contributed by atoms with Crippen LogP contribution in [0.5, 0.6) is 0 Å². The molecular weight excluding hydrogens is 380 g/mol. The van der Waals surface area contributed by atoms with Gasteiger partial charge in [0.15, 0.2) is 15.8 Å². The van der Waals surface area contributed by atoms with Crippen molar-refractivity contribution < 1.29 is 18.0 Å². The second-order valence-electron chi connectivity index (χ2n) is 8.48. The predicted octanol–water partition coefficient (Wildman–Crippen LogP) is 0.172. The average Bonchev–Trinajstić information content (AvgIpc) is 3.28. The number of carbonyl (C=O) groups is 2. The van der Waals surface area contributed by atoms with Crippen LogP contribution in [-0.2, 0) is 19.4 Å². The minimum Gasteiger partial charge on any atom is -0.357 e. The van der Waals surface area contributed by atoms with Crippen molar-refractivity contribution in [1.29, 1.82) is 0 Å². The Morgan fingerprint density at radius 3 is 2.25 bits per heavy atom. The van der Waals surface area contributed by atoms with Crippen molar-refractivity contribution >= 4 is 27.6 Å². The van der Waals surface area contributed by atoms with Gasteiger partial charge in [-0.2, -0.15) is 0 Å². The Bertz CT molecular complexity index is 788. The number of guanidine groups is 1. The highest BCUT2D eigenvalue weighted by molar-refractivity contribution is 7.92. The van der Waals surface area contributed by atoms with Gasteiger partial charge in [-0.25, -0.2) is 8.42 Å². The van der Waals surface area contributed by atoms with E-state index in [1.165, 1.54) is 11.2 Å². The van der Waals surface area contributed by atoms with E-state index in [4.69, 9.17) is 0 Å². The Kier molecular flexibility index (Phi) is 5.58. The fourth-order valence-corrected chi connectivity index (χ4v) is 4.50. The first-order valence-electron chi connectivity index (χ1n) is 9.82. The molecule has 4 unspecified atom stereocenters. The Hall–Kier alpha value is -1.90. The average molecular weight is 411 g/mol. The van der Waals surface area contributed by atoms with Gasteiger partial charge in [0.05, 0.1) is 23.1 Å². The molecule has 1 aliphatic heterocycles. The zero-order valence-electron chi connectivity index (χ0n) is 16.9. The van der Waals surface area contributed by atoms with Crippen molar-refractivity contribution in [3.8, 4) is 0 Å². The first kappa shape index (κ1) is 20.8. The fourth-order valence-electron chi connectivity index (χ4n) is 4.20. The van der Waals surface area contributed by atoms with Crippen LogP contribution < -0.4 is 10.6 Å². The van der Waals surface area contributed by atoms with E-state index in [0.717, 1.165) is 6.42 Å². The summed E-state index contributed by atoms with van der Waals surface area (Å²) in [6, 6.07) is 0. The third-order valence-corrected chi connectivity index (χ3v) is 8.29. The molecule has 0 radical (unpaired) electrons.